The Bertz CT molecular complexity index is 322. The summed E-state index contributed by atoms with van der Waals surface area (Å²) in [4.78, 5) is 0. The molecule has 1 fully saturated rings. The second-order valence-corrected chi connectivity index (χ2v) is 7.19. The second-order valence-electron chi connectivity index (χ2n) is 5.44. The molecule has 2 N–H and O–H groups in total. The summed E-state index contributed by atoms with van der Waals surface area (Å²) < 4.78 is 30.2. The van der Waals surface area contributed by atoms with Crippen molar-refractivity contribution in [3.8, 4) is 0 Å². The lowest BCUT2D eigenvalue weighted by atomic mass is 10.00. The predicted molar refractivity (Wildman–Crippen MR) is 68.5 cm³/mol. The minimum Gasteiger partial charge on any atom is -0.381 e. The highest BCUT2D eigenvalue weighted by Crippen LogP contribution is 2.13. The molecule has 0 saturated carbocycles. The lowest BCUT2D eigenvalue weighted by Crippen LogP contribution is -2.50. The van der Waals surface area contributed by atoms with Gasteiger partial charge in [0.25, 0.3) is 0 Å². The van der Waals surface area contributed by atoms with Crippen molar-refractivity contribution in [2.24, 2.45) is 5.92 Å². The Balaban J connectivity index is 2.24. The Labute approximate surface area is 104 Å². The third-order valence-electron chi connectivity index (χ3n) is 2.80. The SMILES string of the molecule is CC(C)(CNCC1CCOCC1)NS(C)(=O)=O. The molecule has 17 heavy (non-hydrogen) atoms. The smallest absolute Gasteiger partial charge is 0.209 e. The van der Waals surface area contributed by atoms with E-state index in [4.69, 9.17) is 4.74 Å². The summed E-state index contributed by atoms with van der Waals surface area (Å²) in [6.07, 6.45) is 3.37. The van der Waals surface area contributed by atoms with Gasteiger partial charge in [0.2, 0.25) is 10.0 Å². The van der Waals surface area contributed by atoms with E-state index in [9.17, 15) is 8.42 Å². The average Bonchev–Trinajstić information content (AvgIpc) is 2.15. The lowest BCUT2D eigenvalue weighted by Gasteiger charge is -2.28. The molecule has 0 radical (unpaired) electrons. The van der Waals surface area contributed by atoms with Crippen LogP contribution in [0, 0.1) is 5.92 Å². The van der Waals surface area contributed by atoms with E-state index in [1.54, 1.807) is 0 Å². The highest BCUT2D eigenvalue weighted by Gasteiger charge is 2.22. The zero-order chi connectivity index (χ0) is 12.9. The third kappa shape index (κ3) is 6.98. The molecular weight excluding hydrogens is 240 g/mol. The zero-order valence-corrected chi connectivity index (χ0v) is 11.8. The number of hydrogen-bond acceptors (Lipinski definition) is 4. The fraction of sp³-hybridized carbons (Fsp3) is 1.00. The first-order valence-electron chi connectivity index (χ1n) is 6.06. The van der Waals surface area contributed by atoms with E-state index in [2.05, 4.69) is 10.0 Å². The Morgan fingerprint density at radius 3 is 2.41 bits per heavy atom. The molecule has 0 aliphatic carbocycles. The van der Waals surface area contributed by atoms with E-state index in [1.165, 1.54) is 6.26 Å². The topological polar surface area (TPSA) is 67.4 Å². The highest BCUT2D eigenvalue weighted by molar-refractivity contribution is 7.88. The van der Waals surface area contributed by atoms with Gasteiger partial charge < -0.3 is 10.1 Å². The van der Waals surface area contributed by atoms with Crippen molar-refractivity contribution in [2.75, 3.05) is 32.6 Å². The molecule has 0 bridgehead atoms. The van der Waals surface area contributed by atoms with Gasteiger partial charge in [0, 0.05) is 25.3 Å². The lowest BCUT2D eigenvalue weighted by molar-refractivity contribution is 0.0660. The first-order chi connectivity index (χ1) is 7.79. The van der Waals surface area contributed by atoms with E-state index in [-0.39, 0.29) is 0 Å². The fourth-order valence-corrected chi connectivity index (χ4v) is 3.15. The van der Waals surface area contributed by atoms with Crippen molar-refractivity contribution in [2.45, 2.75) is 32.2 Å². The molecular formula is C11H24N2O3S. The molecule has 1 saturated heterocycles. The van der Waals surface area contributed by atoms with Gasteiger partial charge in [0.05, 0.1) is 6.26 Å². The Hall–Kier alpha value is -0.170. The van der Waals surface area contributed by atoms with Crippen LogP contribution in [0.25, 0.3) is 0 Å². The number of hydrogen-bond donors (Lipinski definition) is 2. The van der Waals surface area contributed by atoms with Crippen LogP contribution in [-0.2, 0) is 14.8 Å². The van der Waals surface area contributed by atoms with E-state index in [0.717, 1.165) is 32.6 Å². The molecule has 6 heteroatoms. The van der Waals surface area contributed by atoms with Gasteiger partial charge in [-0.3, -0.25) is 0 Å². The van der Waals surface area contributed by atoms with Crippen LogP contribution in [0.4, 0.5) is 0 Å². The quantitative estimate of drug-likeness (QED) is 0.725. The van der Waals surface area contributed by atoms with Gasteiger partial charge in [-0.05, 0) is 39.2 Å². The normalized spacial score (nSPS) is 19.5. The van der Waals surface area contributed by atoms with Crippen LogP contribution in [0.5, 0.6) is 0 Å². The average molecular weight is 264 g/mol. The monoisotopic (exact) mass is 264 g/mol. The summed E-state index contributed by atoms with van der Waals surface area (Å²) in [5.41, 5.74) is -0.446. The first kappa shape index (κ1) is 14.9. The number of sulfonamides is 1. The van der Waals surface area contributed by atoms with Crippen LogP contribution in [0.15, 0.2) is 0 Å². The molecule has 5 nitrogen and oxygen atoms in total. The molecule has 0 amide bonds. The molecule has 0 aromatic rings. The van der Waals surface area contributed by atoms with Gasteiger partial charge >= 0.3 is 0 Å². The highest BCUT2D eigenvalue weighted by atomic mass is 32.2. The Kier molecular flexibility index (Phi) is 5.37. The zero-order valence-electron chi connectivity index (χ0n) is 11.0. The Morgan fingerprint density at radius 2 is 1.88 bits per heavy atom. The molecule has 0 atom stereocenters. The molecule has 0 aromatic carbocycles. The molecule has 102 valence electrons. The summed E-state index contributed by atoms with van der Waals surface area (Å²) in [6.45, 7) is 7.01. The molecule has 1 aliphatic rings. The maximum Gasteiger partial charge on any atom is 0.209 e. The minimum absolute atomic E-state index is 0.446. The van der Waals surface area contributed by atoms with Gasteiger partial charge in [0.15, 0.2) is 0 Å². The van der Waals surface area contributed by atoms with E-state index in [1.807, 2.05) is 13.8 Å². The van der Waals surface area contributed by atoms with Gasteiger partial charge in [-0.25, -0.2) is 13.1 Å². The van der Waals surface area contributed by atoms with Gasteiger partial charge in [-0.2, -0.15) is 0 Å². The summed E-state index contributed by atoms with van der Waals surface area (Å²) in [6, 6.07) is 0. The third-order valence-corrected chi connectivity index (χ3v) is 3.73. The van der Waals surface area contributed by atoms with Crippen LogP contribution in [0.3, 0.4) is 0 Å². The maximum absolute atomic E-state index is 11.2. The van der Waals surface area contributed by atoms with Crippen LogP contribution in [0.1, 0.15) is 26.7 Å². The molecule has 0 unspecified atom stereocenters. The molecule has 1 aliphatic heterocycles. The molecule has 1 rings (SSSR count). The van der Waals surface area contributed by atoms with Crippen molar-refractivity contribution in [3.63, 3.8) is 0 Å². The number of ether oxygens (including phenoxy) is 1. The molecule has 0 spiro atoms. The number of nitrogens with one attached hydrogen (secondary N) is 2. The number of rotatable bonds is 6. The first-order valence-corrected chi connectivity index (χ1v) is 7.95. The van der Waals surface area contributed by atoms with E-state index < -0.39 is 15.6 Å². The largest absolute Gasteiger partial charge is 0.381 e. The summed E-state index contributed by atoms with van der Waals surface area (Å²) in [5, 5.41) is 3.34. The van der Waals surface area contributed by atoms with Gasteiger partial charge in [-0.15, -0.1) is 0 Å². The van der Waals surface area contributed by atoms with Crippen LogP contribution in [-0.4, -0.2) is 46.5 Å². The second kappa shape index (κ2) is 6.13. The van der Waals surface area contributed by atoms with E-state index in [0.29, 0.717) is 12.5 Å². The van der Waals surface area contributed by atoms with Crippen molar-refractivity contribution in [1.29, 1.82) is 0 Å². The summed E-state index contributed by atoms with van der Waals surface area (Å²) >= 11 is 0. The minimum atomic E-state index is -3.15. The van der Waals surface area contributed by atoms with Crippen molar-refractivity contribution in [1.82, 2.24) is 10.0 Å². The summed E-state index contributed by atoms with van der Waals surface area (Å²) in [7, 11) is -3.15. The van der Waals surface area contributed by atoms with E-state index >= 15 is 0 Å². The van der Waals surface area contributed by atoms with Crippen molar-refractivity contribution in [3.05, 3.63) is 0 Å². The van der Waals surface area contributed by atoms with Gasteiger partial charge in [-0.1, -0.05) is 0 Å². The summed E-state index contributed by atoms with van der Waals surface area (Å²) in [5.74, 6) is 0.651. The molecule has 0 aromatic heterocycles. The standard InChI is InChI=1S/C11H24N2O3S/c1-11(2,13-17(3,14)15)9-12-8-10-4-6-16-7-5-10/h10,12-13H,4-9H2,1-3H3. The molecule has 1 heterocycles. The van der Waals surface area contributed by atoms with Crippen LogP contribution < -0.4 is 10.0 Å². The van der Waals surface area contributed by atoms with Crippen LogP contribution >= 0.6 is 0 Å². The van der Waals surface area contributed by atoms with Crippen LogP contribution in [0.2, 0.25) is 0 Å². The Morgan fingerprint density at radius 1 is 1.29 bits per heavy atom. The van der Waals surface area contributed by atoms with Crippen molar-refractivity contribution >= 4 is 10.0 Å². The van der Waals surface area contributed by atoms with Gasteiger partial charge in [0.1, 0.15) is 0 Å². The van der Waals surface area contributed by atoms with Crippen molar-refractivity contribution < 1.29 is 13.2 Å². The predicted octanol–water partition coefficient (Wildman–Crippen LogP) is 0.330. The maximum atomic E-state index is 11.2. The fourth-order valence-electron chi connectivity index (χ4n) is 2.08.